The van der Waals surface area contributed by atoms with Gasteiger partial charge in [0.1, 0.15) is 17.3 Å². The number of amides is 1. The predicted octanol–water partition coefficient (Wildman–Crippen LogP) is 3.79. The van der Waals surface area contributed by atoms with Crippen LogP contribution in [0.3, 0.4) is 0 Å². The van der Waals surface area contributed by atoms with Crippen LogP contribution >= 0.6 is 0 Å². The second kappa shape index (κ2) is 10.3. The van der Waals surface area contributed by atoms with Crippen molar-refractivity contribution in [2.75, 3.05) is 13.2 Å². The molecule has 0 radical (unpaired) electrons. The van der Waals surface area contributed by atoms with Crippen LogP contribution < -0.4 is 19.5 Å². The van der Waals surface area contributed by atoms with Crippen LogP contribution in [0.15, 0.2) is 54.7 Å². The fraction of sp³-hybridized carbons (Fsp3) is 0.273. The zero-order valence-corrected chi connectivity index (χ0v) is 16.9. The van der Waals surface area contributed by atoms with Crippen molar-refractivity contribution < 1.29 is 23.4 Å². The van der Waals surface area contributed by atoms with Crippen molar-refractivity contribution in [3.63, 3.8) is 0 Å². The molecule has 0 aliphatic rings. The van der Waals surface area contributed by atoms with Gasteiger partial charge in [-0.3, -0.25) is 4.79 Å². The second-order valence-electron chi connectivity index (χ2n) is 6.30. The van der Waals surface area contributed by atoms with Crippen LogP contribution in [0.5, 0.6) is 17.2 Å². The number of nitrogens with one attached hydrogen (secondary N) is 1. The number of carbonyl (C=O) groups is 1. The Morgan fingerprint density at radius 1 is 1.00 bits per heavy atom. The van der Waals surface area contributed by atoms with Gasteiger partial charge in [0.15, 0.2) is 18.2 Å². The van der Waals surface area contributed by atoms with Gasteiger partial charge in [-0.15, -0.1) is 0 Å². The van der Waals surface area contributed by atoms with Crippen molar-refractivity contribution in [2.45, 2.75) is 27.1 Å². The predicted molar refractivity (Wildman–Crippen MR) is 109 cm³/mol. The molecule has 3 rings (SSSR count). The van der Waals surface area contributed by atoms with E-state index in [1.807, 2.05) is 32.0 Å². The first-order valence-electron chi connectivity index (χ1n) is 9.67. The molecule has 0 atom stereocenters. The first-order chi connectivity index (χ1) is 14.6. The van der Waals surface area contributed by atoms with Crippen molar-refractivity contribution in [3.8, 4) is 17.2 Å². The topological polar surface area (TPSA) is 74.6 Å². The van der Waals surface area contributed by atoms with Crippen LogP contribution in [0.2, 0.25) is 0 Å². The SMILES string of the molecule is CCOc1ccc(CNC(=O)c2ccn(COc3ccc(F)cc3)n2)cc1OCC. The third-order valence-corrected chi connectivity index (χ3v) is 4.11. The lowest BCUT2D eigenvalue weighted by Crippen LogP contribution is -2.23. The average Bonchev–Trinajstić information content (AvgIpc) is 3.23. The van der Waals surface area contributed by atoms with Crippen LogP contribution in [0, 0.1) is 5.82 Å². The molecule has 1 N–H and O–H groups in total. The van der Waals surface area contributed by atoms with Crippen LogP contribution in [0.25, 0.3) is 0 Å². The molecule has 158 valence electrons. The van der Waals surface area contributed by atoms with E-state index in [1.54, 1.807) is 12.3 Å². The molecule has 0 bridgehead atoms. The van der Waals surface area contributed by atoms with E-state index in [1.165, 1.54) is 28.9 Å². The van der Waals surface area contributed by atoms with E-state index in [4.69, 9.17) is 14.2 Å². The number of hydrogen-bond donors (Lipinski definition) is 1. The molecule has 0 aliphatic heterocycles. The molecular weight excluding hydrogens is 389 g/mol. The summed E-state index contributed by atoms with van der Waals surface area (Å²) >= 11 is 0. The van der Waals surface area contributed by atoms with E-state index in [0.29, 0.717) is 37.0 Å². The van der Waals surface area contributed by atoms with Gasteiger partial charge in [0.25, 0.3) is 5.91 Å². The Balaban J connectivity index is 1.55. The molecule has 3 aromatic rings. The Kier molecular flexibility index (Phi) is 7.26. The fourth-order valence-corrected chi connectivity index (χ4v) is 2.70. The molecule has 8 heteroatoms. The molecule has 1 heterocycles. The molecule has 0 fully saturated rings. The molecular formula is C22H24FN3O4. The highest BCUT2D eigenvalue weighted by atomic mass is 19.1. The summed E-state index contributed by atoms with van der Waals surface area (Å²) in [7, 11) is 0. The van der Waals surface area contributed by atoms with Gasteiger partial charge in [0.05, 0.1) is 13.2 Å². The van der Waals surface area contributed by atoms with Gasteiger partial charge in [0, 0.05) is 12.7 Å². The zero-order chi connectivity index (χ0) is 21.3. The van der Waals surface area contributed by atoms with Crippen molar-refractivity contribution in [2.24, 2.45) is 0 Å². The smallest absolute Gasteiger partial charge is 0.272 e. The van der Waals surface area contributed by atoms with E-state index >= 15 is 0 Å². The van der Waals surface area contributed by atoms with Gasteiger partial charge in [-0.1, -0.05) is 6.07 Å². The summed E-state index contributed by atoms with van der Waals surface area (Å²) in [5.41, 5.74) is 1.16. The summed E-state index contributed by atoms with van der Waals surface area (Å²) < 4.78 is 31.1. The lowest BCUT2D eigenvalue weighted by atomic mass is 10.2. The van der Waals surface area contributed by atoms with Gasteiger partial charge >= 0.3 is 0 Å². The van der Waals surface area contributed by atoms with Crippen molar-refractivity contribution in [1.82, 2.24) is 15.1 Å². The number of hydrogen-bond acceptors (Lipinski definition) is 5. The minimum atomic E-state index is -0.332. The highest BCUT2D eigenvalue weighted by Crippen LogP contribution is 2.28. The normalized spacial score (nSPS) is 10.5. The van der Waals surface area contributed by atoms with E-state index in [9.17, 15) is 9.18 Å². The third-order valence-electron chi connectivity index (χ3n) is 4.11. The minimum Gasteiger partial charge on any atom is -0.490 e. The van der Waals surface area contributed by atoms with Crippen molar-refractivity contribution in [1.29, 1.82) is 0 Å². The molecule has 1 aromatic heterocycles. The highest BCUT2D eigenvalue weighted by Gasteiger charge is 2.11. The lowest BCUT2D eigenvalue weighted by Gasteiger charge is -2.12. The fourth-order valence-electron chi connectivity index (χ4n) is 2.70. The molecule has 0 saturated carbocycles. The van der Waals surface area contributed by atoms with Crippen molar-refractivity contribution >= 4 is 5.91 Å². The number of aromatic nitrogens is 2. The van der Waals surface area contributed by atoms with Crippen LogP contribution in [0.1, 0.15) is 29.9 Å². The van der Waals surface area contributed by atoms with Crippen molar-refractivity contribution in [3.05, 3.63) is 71.8 Å². The Bertz CT molecular complexity index is 973. The monoisotopic (exact) mass is 413 g/mol. The first kappa shape index (κ1) is 21.2. The lowest BCUT2D eigenvalue weighted by molar-refractivity contribution is 0.0943. The molecule has 0 saturated heterocycles. The number of halogens is 1. The molecule has 7 nitrogen and oxygen atoms in total. The Morgan fingerprint density at radius 3 is 2.47 bits per heavy atom. The molecule has 0 spiro atoms. The average molecular weight is 413 g/mol. The minimum absolute atomic E-state index is 0.107. The number of benzene rings is 2. The van der Waals surface area contributed by atoms with Crippen LogP contribution in [-0.4, -0.2) is 28.9 Å². The molecule has 0 unspecified atom stereocenters. The second-order valence-corrected chi connectivity index (χ2v) is 6.30. The zero-order valence-electron chi connectivity index (χ0n) is 16.9. The highest BCUT2D eigenvalue weighted by molar-refractivity contribution is 5.92. The Hall–Kier alpha value is -3.55. The number of rotatable bonds is 10. The summed E-state index contributed by atoms with van der Waals surface area (Å²) in [5, 5.41) is 7.04. The number of nitrogens with zero attached hydrogens (tertiary/aromatic N) is 2. The number of ether oxygens (including phenoxy) is 3. The summed E-state index contributed by atoms with van der Waals surface area (Å²) in [6, 6.07) is 12.8. The van der Waals surface area contributed by atoms with E-state index < -0.39 is 0 Å². The summed E-state index contributed by atoms with van der Waals surface area (Å²) in [6.07, 6.45) is 1.64. The van der Waals surface area contributed by atoms with Gasteiger partial charge in [0.2, 0.25) is 0 Å². The Labute approximate surface area is 174 Å². The third kappa shape index (κ3) is 5.73. The van der Waals surface area contributed by atoms with Gasteiger partial charge < -0.3 is 19.5 Å². The van der Waals surface area contributed by atoms with Crippen LogP contribution in [0.4, 0.5) is 4.39 Å². The van der Waals surface area contributed by atoms with Crippen LogP contribution in [-0.2, 0) is 13.3 Å². The number of carbonyl (C=O) groups excluding carboxylic acids is 1. The summed E-state index contributed by atoms with van der Waals surface area (Å²) in [5.74, 6) is 1.20. The largest absolute Gasteiger partial charge is 0.490 e. The van der Waals surface area contributed by atoms with Gasteiger partial charge in [-0.05, 0) is 61.9 Å². The quantitative estimate of drug-likeness (QED) is 0.547. The maximum absolute atomic E-state index is 12.9. The standard InChI is InChI=1S/C22H24FN3O4/c1-3-28-20-10-5-16(13-21(20)29-4-2)14-24-22(27)19-11-12-26(25-19)15-30-18-8-6-17(23)7-9-18/h5-13H,3-4,14-15H2,1-2H3,(H,24,27). The van der Waals surface area contributed by atoms with Gasteiger partial charge in [-0.25, -0.2) is 9.07 Å². The molecule has 2 aromatic carbocycles. The molecule has 1 amide bonds. The summed E-state index contributed by atoms with van der Waals surface area (Å²) in [6.45, 7) is 5.31. The van der Waals surface area contributed by atoms with Gasteiger partial charge in [-0.2, -0.15) is 5.10 Å². The first-order valence-corrected chi connectivity index (χ1v) is 9.67. The molecule has 30 heavy (non-hydrogen) atoms. The van der Waals surface area contributed by atoms with E-state index in [-0.39, 0.29) is 24.1 Å². The van der Waals surface area contributed by atoms with E-state index in [0.717, 1.165) is 5.56 Å². The maximum atomic E-state index is 12.9. The molecule has 0 aliphatic carbocycles. The van der Waals surface area contributed by atoms with E-state index in [2.05, 4.69) is 10.4 Å². The summed E-state index contributed by atoms with van der Waals surface area (Å²) in [4.78, 5) is 12.4. The maximum Gasteiger partial charge on any atom is 0.272 e. The Morgan fingerprint density at radius 2 is 1.73 bits per heavy atom.